The van der Waals surface area contributed by atoms with Gasteiger partial charge in [0, 0.05) is 5.75 Å². The van der Waals surface area contributed by atoms with Crippen molar-refractivity contribution < 1.29 is 14.3 Å². The highest BCUT2D eigenvalue weighted by Crippen LogP contribution is 2.14. The number of unbranched alkanes of at least 4 members (excludes halogenated alkanes) is 9. The van der Waals surface area contributed by atoms with Crippen LogP contribution in [0, 0.1) is 0 Å². The van der Waals surface area contributed by atoms with Crippen LogP contribution in [0.15, 0.2) is 0 Å². The van der Waals surface area contributed by atoms with Crippen molar-refractivity contribution in [3.05, 3.63) is 0 Å². The predicted octanol–water partition coefficient (Wildman–Crippen LogP) is 6.34. The van der Waals surface area contributed by atoms with E-state index in [0.717, 1.165) is 12.2 Å². The van der Waals surface area contributed by atoms with E-state index < -0.39 is 17.7 Å². The Labute approximate surface area is 175 Å². The summed E-state index contributed by atoms with van der Waals surface area (Å²) in [6.45, 7) is 7.64. The molecule has 0 aromatic carbocycles. The number of halogens is 1. The normalized spacial score (nSPS) is 12.6. The molecule has 1 N–H and O–H groups in total. The molecule has 0 spiro atoms. The van der Waals surface area contributed by atoms with Crippen molar-refractivity contribution in [1.29, 1.82) is 0 Å². The summed E-state index contributed by atoms with van der Waals surface area (Å²) < 4.78 is 5.22. The summed E-state index contributed by atoms with van der Waals surface area (Å²) in [7, 11) is 0. The Hall–Kier alpha value is -0.420. The van der Waals surface area contributed by atoms with Crippen molar-refractivity contribution in [3.63, 3.8) is 0 Å². The van der Waals surface area contributed by atoms with Crippen LogP contribution in [-0.4, -0.2) is 40.9 Å². The summed E-state index contributed by atoms with van der Waals surface area (Å²) in [6.07, 6.45) is 12.6. The first-order valence-corrected chi connectivity index (χ1v) is 12.1. The summed E-state index contributed by atoms with van der Waals surface area (Å²) in [5, 5.41) is 2.65. The standard InChI is InChI=1S/C21H40ClNO3S/c1-5-6-7-8-9-10-11-12-13-14-15-27-17-18(19(24)16-22)23-20(25)26-21(2,3)4/h18H,5-17H2,1-4H3,(H,23,25)/t18-/m0/s1. The number of alkyl carbamates (subject to hydrolysis) is 1. The van der Waals surface area contributed by atoms with Gasteiger partial charge in [0.2, 0.25) is 0 Å². The number of carbonyl (C=O) groups excluding carboxylic acids is 2. The van der Waals surface area contributed by atoms with Gasteiger partial charge < -0.3 is 10.1 Å². The molecule has 27 heavy (non-hydrogen) atoms. The lowest BCUT2D eigenvalue weighted by molar-refractivity contribution is -0.118. The second-order valence-corrected chi connectivity index (χ2v) is 9.47. The van der Waals surface area contributed by atoms with Gasteiger partial charge in [-0.1, -0.05) is 64.7 Å². The number of ether oxygens (including phenoxy) is 1. The van der Waals surface area contributed by atoms with Crippen LogP contribution in [0.1, 0.15) is 91.9 Å². The van der Waals surface area contributed by atoms with E-state index in [1.54, 1.807) is 32.5 Å². The Morgan fingerprint density at radius 2 is 1.48 bits per heavy atom. The maximum atomic E-state index is 11.9. The van der Waals surface area contributed by atoms with Gasteiger partial charge in [0.15, 0.2) is 5.78 Å². The second-order valence-electron chi connectivity index (χ2n) is 8.06. The third-order valence-electron chi connectivity index (χ3n) is 4.14. The number of thioether (sulfide) groups is 1. The fourth-order valence-electron chi connectivity index (χ4n) is 2.65. The van der Waals surface area contributed by atoms with Gasteiger partial charge in [-0.05, 0) is 32.9 Å². The lowest BCUT2D eigenvalue weighted by Crippen LogP contribution is -2.45. The molecule has 0 fully saturated rings. The number of ketones is 1. The van der Waals surface area contributed by atoms with Crippen molar-refractivity contribution in [2.45, 2.75) is 104 Å². The van der Waals surface area contributed by atoms with Crippen molar-refractivity contribution in [1.82, 2.24) is 5.32 Å². The van der Waals surface area contributed by atoms with E-state index in [0.29, 0.717) is 5.75 Å². The Morgan fingerprint density at radius 1 is 0.963 bits per heavy atom. The molecule has 0 saturated heterocycles. The minimum absolute atomic E-state index is 0.0979. The lowest BCUT2D eigenvalue weighted by Gasteiger charge is -2.22. The molecular weight excluding hydrogens is 382 g/mol. The van der Waals surface area contributed by atoms with E-state index >= 15 is 0 Å². The van der Waals surface area contributed by atoms with Gasteiger partial charge in [-0.15, -0.1) is 11.6 Å². The Kier molecular flexibility index (Phi) is 16.3. The molecule has 0 unspecified atom stereocenters. The fourth-order valence-corrected chi connectivity index (χ4v) is 3.92. The lowest BCUT2D eigenvalue weighted by atomic mass is 10.1. The van der Waals surface area contributed by atoms with Crippen LogP contribution in [0.3, 0.4) is 0 Å². The van der Waals surface area contributed by atoms with Gasteiger partial charge in [0.25, 0.3) is 0 Å². The largest absolute Gasteiger partial charge is 0.444 e. The first-order valence-electron chi connectivity index (χ1n) is 10.5. The van der Waals surface area contributed by atoms with Crippen molar-refractivity contribution in [2.75, 3.05) is 17.4 Å². The Morgan fingerprint density at radius 3 is 1.96 bits per heavy atom. The molecule has 0 aromatic heterocycles. The van der Waals surface area contributed by atoms with E-state index in [4.69, 9.17) is 16.3 Å². The van der Waals surface area contributed by atoms with Gasteiger partial charge in [-0.2, -0.15) is 11.8 Å². The third-order valence-corrected chi connectivity index (χ3v) is 5.55. The highest BCUT2D eigenvalue weighted by molar-refractivity contribution is 7.99. The quantitative estimate of drug-likeness (QED) is 0.233. The molecule has 0 bridgehead atoms. The summed E-state index contributed by atoms with van der Waals surface area (Å²) in [5.41, 5.74) is -0.582. The minimum Gasteiger partial charge on any atom is -0.444 e. The summed E-state index contributed by atoms with van der Waals surface area (Å²) in [6, 6.07) is -0.578. The number of amides is 1. The molecule has 6 heteroatoms. The highest BCUT2D eigenvalue weighted by Gasteiger charge is 2.23. The maximum Gasteiger partial charge on any atom is 0.408 e. The zero-order valence-electron chi connectivity index (χ0n) is 17.8. The third kappa shape index (κ3) is 17.4. The Balaban J connectivity index is 3.80. The smallest absolute Gasteiger partial charge is 0.408 e. The fraction of sp³-hybridized carbons (Fsp3) is 0.905. The number of hydrogen-bond acceptors (Lipinski definition) is 4. The van der Waals surface area contributed by atoms with Crippen molar-refractivity contribution >= 4 is 35.2 Å². The van der Waals surface area contributed by atoms with Gasteiger partial charge in [-0.25, -0.2) is 4.79 Å². The molecule has 0 aliphatic carbocycles. The number of rotatable bonds is 16. The first kappa shape index (κ1) is 26.6. The monoisotopic (exact) mass is 421 g/mol. The number of nitrogens with one attached hydrogen (secondary N) is 1. The van der Waals surface area contributed by atoms with E-state index in [9.17, 15) is 9.59 Å². The van der Waals surface area contributed by atoms with Crippen molar-refractivity contribution in [2.24, 2.45) is 0 Å². The molecule has 1 amide bonds. The van der Waals surface area contributed by atoms with Gasteiger partial charge in [-0.3, -0.25) is 4.79 Å². The summed E-state index contributed by atoms with van der Waals surface area (Å²) >= 11 is 7.36. The first-order chi connectivity index (χ1) is 12.8. The van der Waals surface area contributed by atoms with E-state index in [1.807, 2.05) is 0 Å². The average molecular weight is 422 g/mol. The van der Waals surface area contributed by atoms with Gasteiger partial charge in [0.1, 0.15) is 11.6 Å². The van der Waals surface area contributed by atoms with E-state index in [-0.39, 0.29) is 11.7 Å². The number of carbonyl (C=O) groups is 2. The van der Waals surface area contributed by atoms with Crippen LogP contribution < -0.4 is 5.32 Å². The van der Waals surface area contributed by atoms with E-state index in [1.165, 1.54) is 57.8 Å². The van der Waals surface area contributed by atoms with Crippen LogP contribution in [0.5, 0.6) is 0 Å². The number of alkyl halides is 1. The topological polar surface area (TPSA) is 55.4 Å². The Bertz CT molecular complexity index is 399. The highest BCUT2D eigenvalue weighted by atomic mass is 35.5. The summed E-state index contributed by atoms with van der Waals surface area (Å²) in [5.74, 6) is 1.28. The predicted molar refractivity (Wildman–Crippen MR) is 118 cm³/mol. The van der Waals surface area contributed by atoms with Crippen LogP contribution in [0.25, 0.3) is 0 Å². The molecule has 0 radical (unpaired) electrons. The molecule has 0 aliphatic heterocycles. The molecule has 0 aliphatic rings. The zero-order chi connectivity index (χ0) is 20.5. The molecular formula is C21H40ClNO3S. The molecule has 0 heterocycles. The second kappa shape index (κ2) is 16.5. The molecule has 0 rings (SSSR count). The van der Waals surface area contributed by atoms with Gasteiger partial charge in [0.05, 0.1) is 5.88 Å². The van der Waals surface area contributed by atoms with Crippen LogP contribution in [0.2, 0.25) is 0 Å². The minimum atomic E-state index is -0.582. The number of Topliss-reactive ketones (excluding diaryl/α,β-unsaturated/α-hetero) is 1. The van der Waals surface area contributed by atoms with Crippen LogP contribution in [0.4, 0.5) is 4.79 Å². The molecule has 0 aromatic rings. The number of hydrogen-bond donors (Lipinski definition) is 1. The molecule has 4 nitrogen and oxygen atoms in total. The SMILES string of the molecule is CCCCCCCCCCCCSC[C@H](NC(=O)OC(C)(C)C)C(=O)CCl. The molecule has 0 saturated carbocycles. The molecule has 160 valence electrons. The summed E-state index contributed by atoms with van der Waals surface area (Å²) in [4.78, 5) is 23.8. The van der Waals surface area contributed by atoms with Crippen LogP contribution in [-0.2, 0) is 9.53 Å². The maximum absolute atomic E-state index is 11.9. The zero-order valence-corrected chi connectivity index (χ0v) is 19.4. The van der Waals surface area contributed by atoms with Gasteiger partial charge >= 0.3 is 6.09 Å². The van der Waals surface area contributed by atoms with E-state index in [2.05, 4.69) is 12.2 Å². The van der Waals surface area contributed by atoms with Crippen LogP contribution >= 0.6 is 23.4 Å². The average Bonchev–Trinajstić information content (AvgIpc) is 2.59. The molecule has 1 atom stereocenters. The van der Waals surface area contributed by atoms with Crippen molar-refractivity contribution in [3.8, 4) is 0 Å².